The van der Waals surface area contributed by atoms with Gasteiger partial charge in [-0.25, -0.2) is 4.39 Å². The molecule has 0 unspecified atom stereocenters. The second kappa shape index (κ2) is 5.73. The van der Waals surface area contributed by atoms with Crippen LogP contribution in [0.3, 0.4) is 0 Å². The number of benzene rings is 1. The quantitative estimate of drug-likeness (QED) is 0.706. The Morgan fingerprint density at radius 2 is 2.14 bits per heavy atom. The molecule has 0 aliphatic rings. The Hall–Kier alpha value is -0.930. The standard InChI is InChI=1S/C11H16FNO/c1-9(13-7-4-8-14)10-5-2-3-6-11(10)12/h2-3,5-6,9,13-14H,4,7-8H2,1H3/t9-/m1/s1. The van der Waals surface area contributed by atoms with Gasteiger partial charge < -0.3 is 10.4 Å². The number of rotatable bonds is 5. The van der Waals surface area contributed by atoms with Crippen LogP contribution < -0.4 is 5.32 Å². The maximum absolute atomic E-state index is 13.3. The highest BCUT2D eigenvalue weighted by Crippen LogP contribution is 2.15. The molecule has 0 heterocycles. The maximum Gasteiger partial charge on any atom is 0.127 e. The third-order valence-electron chi connectivity index (χ3n) is 2.16. The van der Waals surface area contributed by atoms with E-state index in [-0.39, 0.29) is 18.5 Å². The predicted octanol–water partition coefficient (Wildman–Crippen LogP) is 1.86. The lowest BCUT2D eigenvalue weighted by Gasteiger charge is -2.14. The van der Waals surface area contributed by atoms with Gasteiger partial charge in [-0.15, -0.1) is 0 Å². The van der Waals surface area contributed by atoms with E-state index < -0.39 is 0 Å². The van der Waals surface area contributed by atoms with E-state index in [0.29, 0.717) is 18.5 Å². The first-order valence-corrected chi connectivity index (χ1v) is 4.84. The predicted molar refractivity (Wildman–Crippen MR) is 54.5 cm³/mol. The van der Waals surface area contributed by atoms with E-state index in [4.69, 9.17) is 5.11 Å². The zero-order valence-electron chi connectivity index (χ0n) is 8.33. The van der Waals surface area contributed by atoms with E-state index in [1.54, 1.807) is 12.1 Å². The molecule has 14 heavy (non-hydrogen) atoms. The van der Waals surface area contributed by atoms with Gasteiger partial charge in [0.2, 0.25) is 0 Å². The normalized spacial score (nSPS) is 12.8. The number of hydrogen-bond acceptors (Lipinski definition) is 2. The monoisotopic (exact) mass is 197 g/mol. The number of halogens is 1. The molecule has 0 amide bonds. The van der Waals surface area contributed by atoms with Crippen LogP contribution in [0.4, 0.5) is 4.39 Å². The molecule has 0 radical (unpaired) electrons. The Morgan fingerprint density at radius 1 is 1.43 bits per heavy atom. The van der Waals surface area contributed by atoms with Gasteiger partial charge in [0.1, 0.15) is 5.82 Å². The van der Waals surface area contributed by atoms with Gasteiger partial charge in [0.15, 0.2) is 0 Å². The average molecular weight is 197 g/mol. The first-order chi connectivity index (χ1) is 6.75. The zero-order valence-corrected chi connectivity index (χ0v) is 8.33. The van der Waals surface area contributed by atoms with Crippen LogP contribution in [0, 0.1) is 5.82 Å². The molecule has 1 aromatic carbocycles. The molecule has 1 aromatic rings. The Labute approximate surface area is 83.8 Å². The van der Waals surface area contributed by atoms with E-state index in [0.717, 1.165) is 0 Å². The summed E-state index contributed by atoms with van der Waals surface area (Å²) in [6.45, 7) is 2.78. The summed E-state index contributed by atoms with van der Waals surface area (Å²) in [6.07, 6.45) is 0.693. The van der Waals surface area contributed by atoms with Crippen molar-refractivity contribution in [1.29, 1.82) is 0 Å². The summed E-state index contributed by atoms with van der Waals surface area (Å²) in [5.74, 6) is -0.184. The molecule has 0 aromatic heterocycles. The molecule has 78 valence electrons. The van der Waals surface area contributed by atoms with Crippen LogP contribution in [-0.4, -0.2) is 18.3 Å². The van der Waals surface area contributed by atoms with Crippen molar-refractivity contribution in [3.05, 3.63) is 35.6 Å². The topological polar surface area (TPSA) is 32.3 Å². The van der Waals surface area contributed by atoms with E-state index in [2.05, 4.69) is 5.32 Å². The molecule has 2 N–H and O–H groups in total. The fraction of sp³-hybridized carbons (Fsp3) is 0.455. The van der Waals surface area contributed by atoms with Crippen LogP contribution in [0.5, 0.6) is 0 Å². The molecule has 0 saturated carbocycles. The molecule has 0 fully saturated rings. The highest BCUT2D eigenvalue weighted by Gasteiger charge is 2.08. The van der Waals surface area contributed by atoms with Crippen molar-refractivity contribution in [2.75, 3.05) is 13.2 Å². The Bertz CT molecular complexity index is 278. The molecule has 0 aliphatic carbocycles. The summed E-state index contributed by atoms with van der Waals surface area (Å²) in [5, 5.41) is 11.7. The number of hydrogen-bond donors (Lipinski definition) is 2. The summed E-state index contributed by atoms with van der Waals surface area (Å²) in [6, 6.07) is 6.72. The second-order valence-electron chi connectivity index (χ2n) is 3.27. The van der Waals surface area contributed by atoms with E-state index in [9.17, 15) is 4.39 Å². The van der Waals surface area contributed by atoms with Crippen molar-refractivity contribution in [3.63, 3.8) is 0 Å². The molecular weight excluding hydrogens is 181 g/mol. The van der Waals surface area contributed by atoms with Crippen LogP contribution >= 0.6 is 0 Å². The van der Waals surface area contributed by atoms with Gasteiger partial charge in [0.25, 0.3) is 0 Å². The van der Waals surface area contributed by atoms with Gasteiger partial charge in [0.05, 0.1) is 0 Å². The summed E-state index contributed by atoms with van der Waals surface area (Å²) < 4.78 is 13.3. The van der Waals surface area contributed by atoms with Crippen molar-refractivity contribution in [2.45, 2.75) is 19.4 Å². The van der Waals surface area contributed by atoms with Crippen molar-refractivity contribution >= 4 is 0 Å². The lowest BCUT2D eigenvalue weighted by Crippen LogP contribution is -2.21. The minimum atomic E-state index is -0.184. The fourth-order valence-corrected chi connectivity index (χ4v) is 1.33. The molecule has 1 atom stereocenters. The molecule has 0 aliphatic heterocycles. The molecular formula is C11H16FNO. The third-order valence-corrected chi connectivity index (χ3v) is 2.16. The van der Waals surface area contributed by atoms with Crippen LogP contribution in [0.1, 0.15) is 24.9 Å². The largest absolute Gasteiger partial charge is 0.396 e. The minimum Gasteiger partial charge on any atom is -0.396 e. The van der Waals surface area contributed by atoms with Gasteiger partial charge >= 0.3 is 0 Å². The first-order valence-electron chi connectivity index (χ1n) is 4.84. The van der Waals surface area contributed by atoms with Gasteiger partial charge in [-0.1, -0.05) is 18.2 Å². The Morgan fingerprint density at radius 3 is 2.79 bits per heavy atom. The molecule has 1 rings (SSSR count). The SMILES string of the molecule is C[C@@H](NCCCO)c1ccccc1F. The van der Waals surface area contributed by atoms with Gasteiger partial charge in [0, 0.05) is 18.2 Å². The lowest BCUT2D eigenvalue weighted by molar-refractivity contribution is 0.283. The first kappa shape index (κ1) is 11.1. The van der Waals surface area contributed by atoms with Crippen molar-refractivity contribution in [1.82, 2.24) is 5.32 Å². The molecule has 0 bridgehead atoms. The van der Waals surface area contributed by atoms with E-state index >= 15 is 0 Å². The van der Waals surface area contributed by atoms with Crippen LogP contribution in [0.15, 0.2) is 24.3 Å². The third kappa shape index (κ3) is 3.09. The summed E-state index contributed by atoms with van der Waals surface area (Å²) >= 11 is 0. The lowest BCUT2D eigenvalue weighted by atomic mass is 10.1. The van der Waals surface area contributed by atoms with E-state index in [1.807, 2.05) is 13.0 Å². The number of nitrogens with one attached hydrogen (secondary N) is 1. The second-order valence-corrected chi connectivity index (χ2v) is 3.27. The molecule has 0 saturated heterocycles. The highest BCUT2D eigenvalue weighted by atomic mass is 19.1. The Balaban J connectivity index is 2.51. The Kier molecular flexibility index (Phi) is 4.56. The molecule has 3 heteroatoms. The fourth-order valence-electron chi connectivity index (χ4n) is 1.33. The van der Waals surface area contributed by atoms with Gasteiger partial charge in [-0.05, 0) is 26.0 Å². The number of aliphatic hydroxyl groups is 1. The van der Waals surface area contributed by atoms with Gasteiger partial charge in [-0.3, -0.25) is 0 Å². The smallest absolute Gasteiger partial charge is 0.127 e. The van der Waals surface area contributed by atoms with Gasteiger partial charge in [-0.2, -0.15) is 0 Å². The van der Waals surface area contributed by atoms with Crippen molar-refractivity contribution in [3.8, 4) is 0 Å². The average Bonchev–Trinajstić information content (AvgIpc) is 2.18. The zero-order chi connectivity index (χ0) is 10.4. The van der Waals surface area contributed by atoms with Crippen molar-refractivity contribution < 1.29 is 9.50 Å². The van der Waals surface area contributed by atoms with Crippen LogP contribution in [0.25, 0.3) is 0 Å². The van der Waals surface area contributed by atoms with Crippen molar-refractivity contribution in [2.24, 2.45) is 0 Å². The summed E-state index contributed by atoms with van der Waals surface area (Å²) in [5.41, 5.74) is 0.672. The molecule has 0 spiro atoms. The number of aliphatic hydroxyl groups excluding tert-OH is 1. The summed E-state index contributed by atoms with van der Waals surface area (Å²) in [4.78, 5) is 0. The highest BCUT2D eigenvalue weighted by molar-refractivity contribution is 5.20. The minimum absolute atomic E-state index is 0.0113. The van der Waals surface area contributed by atoms with E-state index in [1.165, 1.54) is 6.07 Å². The summed E-state index contributed by atoms with van der Waals surface area (Å²) in [7, 11) is 0. The van der Waals surface area contributed by atoms with Crippen LogP contribution in [0.2, 0.25) is 0 Å². The molecule has 2 nitrogen and oxygen atoms in total. The maximum atomic E-state index is 13.3. The van der Waals surface area contributed by atoms with Crippen LogP contribution in [-0.2, 0) is 0 Å².